The highest BCUT2D eigenvalue weighted by molar-refractivity contribution is 6.01. The lowest BCUT2D eigenvalue weighted by Gasteiger charge is -2.16. The predicted molar refractivity (Wildman–Crippen MR) is 63.2 cm³/mol. The number of oxime groups is 1. The fourth-order valence-electron chi connectivity index (χ4n) is 1.93. The normalized spacial score (nSPS) is 17.3. The van der Waals surface area contributed by atoms with Crippen LogP contribution in [0.1, 0.15) is 30.5 Å². The maximum atomic E-state index is 11.9. The molecule has 2 rings (SSSR count). The van der Waals surface area contributed by atoms with Gasteiger partial charge in [0.2, 0.25) is 5.56 Å². The summed E-state index contributed by atoms with van der Waals surface area (Å²) in [6, 6.07) is 2.99. The van der Waals surface area contributed by atoms with Gasteiger partial charge in [0.05, 0.1) is 12.1 Å². The first-order chi connectivity index (χ1) is 8.96. The Morgan fingerprint density at radius 1 is 1.32 bits per heavy atom. The standard InChI is InChI=1S/C12H13F3N2O2/c13-12(14,15)6-7-19-17-10-3-1-2-9-8(10)4-5-11(18)16-9/h4-5H,1-3,6-7H2,(H,16,18)/b17-10-. The van der Waals surface area contributed by atoms with Crippen molar-refractivity contribution in [2.75, 3.05) is 6.61 Å². The number of nitrogens with one attached hydrogen (secondary N) is 1. The molecular formula is C12H13F3N2O2. The number of aryl methyl sites for hydroxylation is 1. The number of hydrogen-bond donors (Lipinski definition) is 1. The summed E-state index contributed by atoms with van der Waals surface area (Å²) in [5.41, 5.74) is 1.90. The van der Waals surface area contributed by atoms with E-state index >= 15 is 0 Å². The van der Waals surface area contributed by atoms with Gasteiger partial charge in [-0.3, -0.25) is 4.79 Å². The molecule has 0 aromatic carbocycles. The Kier molecular flexibility index (Phi) is 3.92. The van der Waals surface area contributed by atoms with Gasteiger partial charge in [-0.05, 0) is 25.3 Å². The van der Waals surface area contributed by atoms with Crippen molar-refractivity contribution in [2.45, 2.75) is 31.9 Å². The molecule has 4 nitrogen and oxygen atoms in total. The number of halogens is 3. The van der Waals surface area contributed by atoms with Gasteiger partial charge in [-0.1, -0.05) is 5.16 Å². The predicted octanol–water partition coefficient (Wildman–Crippen LogP) is 2.38. The Morgan fingerprint density at radius 3 is 2.84 bits per heavy atom. The monoisotopic (exact) mass is 274 g/mol. The number of fused-ring (bicyclic) bond motifs is 1. The van der Waals surface area contributed by atoms with Crippen molar-refractivity contribution in [3.63, 3.8) is 0 Å². The zero-order valence-electron chi connectivity index (χ0n) is 10.1. The zero-order chi connectivity index (χ0) is 13.9. The molecule has 0 aliphatic heterocycles. The number of aromatic amines is 1. The van der Waals surface area contributed by atoms with Gasteiger partial charge in [-0.15, -0.1) is 0 Å². The van der Waals surface area contributed by atoms with Crippen LogP contribution in [0.2, 0.25) is 0 Å². The minimum Gasteiger partial charge on any atom is -0.395 e. The first-order valence-electron chi connectivity index (χ1n) is 5.94. The number of H-pyrrole nitrogens is 1. The first kappa shape index (κ1) is 13.6. The average Bonchev–Trinajstić information content (AvgIpc) is 2.33. The molecule has 1 aliphatic rings. The number of alkyl halides is 3. The van der Waals surface area contributed by atoms with Gasteiger partial charge in [0.1, 0.15) is 6.61 Å². The Morgan fingerprint density at radius 2 is 2.11 bits per heavy atom. The molecule has 0 bridgehead atoms. The zero-order valence-corrected chi connectivity index (χ0v) is 10.1. The summed E-state index contributed by atoms with van der Waals surface area (Å²) >= 11 is 0. The van der Waals surface area contributed by atoms with Gasteiger partial charge in [0.15, 0.2) is 0 Å². The number of rotatable bonds is 3. The highest BCUT2D eigenvalue weighted by atomic mass is 19.4. The molecule has 1 aromatic rings. The average molecular weight is 274 g/mol. The van der Waals surface area contributed by atoms with Crippen molar-refractivity contribution in [3.8, 4) is 0 Å². The summed E-state index contributed by atoms with van der Waals surface area (Å²) in [6.07, 6.45) is -3.12. The summed E-state index contributed by atoms with van der Waals surface area (Å²) in [5.74, 6) is 0. The first-order valence-corrected chi connectivity index (χ1v) is 5.94. The van der Waals surface area contributed by atoms with Crippen molar-refractivity contribution in [2.24, 2.45) is 5.16 Å². The summed E-state index contributed by atoms with van der Waals surface area (Å²) < 4.78 is 35.8. The van der Waals surface area contributed by atoms with E-state index in [9.17, 15) is 18.0 Å². The second-order valence-electron chi connectivity index (χ2n) is 4.30. The van der Waals surface area contributed by atoms with E-state index in [-0.39, 0.29) is 5.56 Å². The summed E-state index contributed by atoms with van der Waals surface area (Å²) in [5, 5.41) is 3.75. The molecule has 0 spiro atoms. The van der Waals surface area contributed by atoms with E-state index in [1.807, 2.05) is 0 Å². The molecule has 1 heterocycles. The van der Waals surface area contributed by atoms with Crippen LogP contribution in [0.3, 0.4) is 0 Å². The lowest BCUT2D eigenvalue weighted by molar-refractivity contribution is -0.145. The van der Waals surface area contributed by atoms with Crippen LogP contribution >= 0.6 is 0 Å². The van der Waals surface area contributed by atoms with Crippen LogP contribution in [0.25, 0.3) is 0 Å². The number of nitrogens with zero attached hydrogens (tertiary/aromatic N) is 1. The SMILES string of the molecule is O=c1ccc2c([nH]1)CCC/C2=N/OCCC(F)(F)F. The van der Waals surface area contributed by atoms with Gasteiger partial charge >= 0.3 is 6.18 Å². The van der Waals surface area contributed by atoms with Crippen LogP contribution in [-0.4, -0.2) is 23.5 Å². The van der Waals surface area contributed by atoms with Crippen LogP contribution < -0.4 is 5.56 Å². The van der Waals surface area contributed by atoms with Gasteiger partial charge in [0.25, 0.3) is 0 Å². The van der Waals surface area contributed by atoms with Crippen molar-refractivity contribution < 1.29 is 18.0 Å². The van der Waals surface area contributed by atoms with E-state index in [0.717, 1.165) is 24.1 Å². The van der Waals surface area contributed by atoms with E-state index in [1.165, 1.54) is 6.07 Å². The second kappa shape index (κ2) is 5.46. The molecule has 1 N–H and O–H groups in total. The van der Waals surface area contributed by atoms with Gasteiger partial charge in [-0.2, -0.15) is 13.2 Å². The number of hydrogen-bond acceptors (Lipinski definition) is 3. The van der Waals surface area contributed by atoms with Crippen LogP contribution in [-0.2, 0) is 11.3 Å². The van der Waals surface area contributed by atoms with Gasteiger partial charge < -0.3 is 9.82 Å². The van der Waals surface area contributed by atoms with Crippen molar-refractivity contribution in [1.82, 2.24) is 4.98 Å². The molecule has 0 saturated heterocycles. The molecule has 104 valence electrons. The summed E-state index contributed by atoms with van der Waals surface area (Å²) in [6.45, 7) is -0.494. The maximum absolute atomic E-state index is 11.9. The third-order valence-corrected chi connectivity index (χ3v) is 2.80. The van der Waals surface area contributed by atoms with Gasteiger partial charge in [-0.25, -0.2) is 0 Å². The third-order valence-electron chi connectivity index (χ3n) is 2.80. The molecule has 1 aliphatic carbocycles. The van der Waals surface area contributed by atoms with E-state index in [4.69, 9.17) is 4.84 Å². The highest BCUT2D eigenvalue weighted by Crippen LogP contribution is 2.21. The topological polar surface area (TPSA) is 54.5 Å². The summed E-state index contributed by atoms with van der Waals surface area (Å²) in [4.78, 5) is 18.6. The van der Waals surface area contributed by atoms with Crippen molar-refractivity contribution >= 4 is 5.71 Å². The van der Waals surface area contributed by atoms with Crippen LogP contribution in [0.4, 0.5) is 13.2 Å². The van der Waals surface area contributed by atoms with Crippen LogP contribution in [0.5, 0.6) is 0 Å². The third kappa shape index (κ3) is 3.84. The molecule has 0 atom stereocenters. The van der Waals surface area contributed by atoms with Gasteiger partial charge in [0, 0.05) is 17.3 Å². The maximum Gasteiger partial charge on any atom is 0.392 e. The van der Waals surface area contributed by atoms with Crippen LogP contribution in [0, 0.1) is 0 Å². The molecule has 0 unspecified atom stereocenters. The molecule has 0 fully saturated rings. The molecule has 19 heavy (non-hydrogen) atoms. The van der Waals surface area contributed by atoms with E-state index in [2.05, 4.69) is 10.1 Å². The molecule has 7 heteroatoms. The number of aromatic nitrogens is 1. The molecule has 0 saturated carbocycles. The van der Waals surface area contributed by atoms with Crippen LogP contribution in [0.15, 0.2) is 22.1 Å². The van der Waals surface area contributed by atoms with E-state index < -0.39 is 19.2 Å². The minimum atomic E-state index is -4.24. The molecule has 0 radical (unpaired) electrons. The minimum absolute atomic E-state index is 0.196. The molecular weight excluding hydrogens is 261 g/mol. The molecule has 0 amide bonds. The lowest BCUT2D eigenvalue weighted by Crippen LogP contribution is -2.19. The Balaban J connectivity index is 2.05. The Hall–Kier alpha value is -1.79. The largest absolute Gasteiger partial charge is 0.395 e. The van der Waals surface area contributed by atoms with Crippen molar-refractivity contribution in [3.05, 3.63) is 33.7 Å². The van der Waals surface area contributed by atoms with E-state index in [0.29, 0.717) is 12.1 Å². The van der Waals surface area contributed by atoms with E-state index in [1.54, 1.807) is 6.07 Å². The Bertz CT molecular complexity index is 535. The van der Waals surface area contributed by atoms with Crippen molar-refractivity contribution in [1.29, 1.82) is 0 Å². The Labute approximate surface area is 107 Å². The fraction of sp³-hybridized carbons (Fsp3) is 0.500. The number of pyridine rings is 1. The lowest BCUT2D eigenvalue weighted by atomic mass is 9.94. The summed E-state index contributed by atoms with van der Waals surface area (Å²) in [7, 11) is 0. The smallest absolute Gasteiger partial charge is 0.392 e. The highest BCUT2D eigenvalue weighted by Gasteiger charge is 2.27. The second-order valence-corrected chi connectivity index (χ2v) is 4.30. The molecule has 1 aromatic heterocycles. The fourth-order valence-corrected chi connectivity index (χ4v) is 1.93. The quantitative estimate of drug-likeness (QED) is 0.679.